The zero-order valence-electron chi connectivity index (χ0n) is 12.6. The molecule has 0 bridgehead atoms. The van der Waals surface area contributed by atoms with E-state index in [2.05, 4.69) is 40.1 Å². The van der Waals surface area contributed by atoms with Crippen LogP contribution >= 0.6 is 0 Å². The van der Waals surface area contributed by atoms with Crippen molar-refractivity contribution in [2.75, 3.05) is 26.0 Å². The Balaban J connectivity index is 1.92. The highest BCUT2D eigenvalue weighted by Crippen LogP contribution is 2.08. The van der Waals surface area contributed by atoms with Gasteiger partial charge in [-0.3, -0.25) is 9.58 Å². The maximum atomic E-state index is 4.33. The van der Waals surface area contributed by atoms with Gasteiger partial charge in [0.15, 0.2) is 0 Å². The molecule has 0 aliphatic carbocycles. The van der Waals surface area contributed by atoms with Gasteiger partial charge in [0.25, 0.3) is 0 Å². The minimum absolute atomic E-state index is 0.737. The number of hydrogen-bond acceptors (Lipinski definition) is 5. The van der Waals surface area contributed by atoms with E-state index in [1.165, 1.54) is 5.56 Å². The van der Waals surface area contributed by atoms with Crippen molar-refractivity contribution >= 4 is 5.95 Å². The number of anilines is 1. The first-order valence-electron chi connectivity index (χ1n) is 6.76. The highest BCUT2D eigenvalue weighted by Gasteiger charge is 2.05. The van der Waals surface area contributed by atoms with Crippen LogP contribution < -0.4 is 4.90 Å². The Labute approximate surface area is 120 Å². The van der Waals surface area contributed by atoms with Gasteiger partial charge in [-0.25, -0.2) is 9.97 Å². The van der Waals surface area contributed by atoms with Gasteiger partial charge in [0.1, 0.15) is 0 Å². The fourth-order valence-corrected chi connectivity index (χ4v) is 2.00. The van der Waals surface area contributed by atoms with Crippen molar-refractivity contribution in [1.29, 1.82) is 0 Å². The molecule has 0 saturated carbocycles. The molecule has 0 aliphatic heterocycles. The monoisotopic (exact) mass is 274 g/mol. The zero-order chi connectivity index (χ0) is 14.5. The molecule has 2 aromatic heterocycles. The Morgan fingerprint density at radius 1 is 1.00 bits per heavy atom. The van der Waals surface area contributed by atoms with Crippen molar-refractivity contribution in [3.8, 4) is 0 Å². The highest BCUT2D eigenvalue weighted by atomic mass is 15.3. The molecule has 0 aliphatic rings. The number of nitrogens with zero attached hydrogens (tertiary/aromatic N) is 6. The molecule has 0 saturated heterocycles. The van der Waals surface area contributed by atoms with E-state index < -0.39 is 0 Å². The molecule has 0 atom stereocenters. The SMILES string of the molecule is CCn1cc(CN(C)Cc2cnc(N(C)C)nc2)cn1. The van der Waals surface area contributed by atoms with Gasteiger partial charge in [0.2, 0.25) is 5.95 Å². The average Bonchev–Trinajstić information content (AvgIpc) is 2.86. The fourth-order valence-electron chi connectivity index (χ4n) is 2.00. The summed E-state index contributed by atoms with van der Waals surface area (Å²) in [4.78, 5) is 12.8. The number of hydrogen-bond donors (Lipinski definition) is 0. The van der Waals surface area contributed by atoms with Gasteiger partial charge < -0.3 is 4.90 Å². The van der Waals surface area contributed by atoms with Gasteiger partial charge in [-0.1, -0.05) is 0 Å². The summed E-state index contributed by atoms with van der Waals surface area (Å²) in [5, 5.41) is 4.29. The Bertz CT molecular complexity index is 531. The topological polar surface area (TPSA) is 50.1 Å². The van der Waals surface area contributed by atoms with Crippen LogP contribution in [0.2, 0.25) is 0 Å². The molecule has 2 aromatic rings. The third-order valence-corrected chi connectivity index (χ3v) is 3.01. The lowest BCUT2D eigenvalue weighted by molar-refractivity contribution is 0.318. The van der Waals surface area contributed by atoms with Crippen molar-refractivity contribution < 1.29 is 0 Å². The minimum Gasteiger partial charge on any atom is -0.347 e. The predicted octanol–water partition coefficient (Wildman–Crippen LogP) is 1.39. The van der Waals surface area contributed by atoms with Gasteiger partial charge in [0, 0.05) is 63.4 Å². The van der Waals surface area contributed by atoms with E-state index >= 15 is 0 Å². The third kappa shape index (κ3) is 3.77. The Hall–Kier alpha value is -1.95. The van der Waals surface area contributed by atoms with Gasteiger partial charge >= 0.3 is 0 Å². The Morgan fingerprint density at radius 2 is 1.65 bits per heavy atom. The van der Waals surface area contributed by atoms with Crippen molar-refractivity contribution in [3.63, 3.8) is 0 Å². The van der Waals surface area contributed by atoms with Gasteiger partial charge in [-0.05, 0) is 14.0 Å². The van der Waals surface area contributed by atoms with Crippen LogP contribution in [0, 0.1) is 0 Å². The molecule has 0 radical (unpaired) electrons. The molecular weight excluding hydrogens is 252 g/mol. The lowest BCUT2D eigenvalue weighted by atomic mass is 10.3. The molecule has 20 heavy (non-hydrogen) atoms. The molecule has 0 fully saturated rings. The Kier molecular flexibility index (Phi) is 4.68. The minimum atomic E-state index is 0.737. The van der Waals surface area contributed by atoms with Crippen LogP contribution in [0.25, 0.3) is 0 Å². The van der Waals surface area contributed by atoms with Crippen molar-refractivity contribution in [1.82, 2.24) is 24.6 Å². The van der Waals surface area contributed by atoms with Crippen LogP contribution in [0.15, 0.2) is 24.8 Å². The van der Waals surface area contributed by atoms with Gasteiger partial charge in [0.05, 0.1) is 6.20 Å². The quantitative estimate of drug-likeness (QED) is 0.797. The number of aromatic nitrogens is 4. The van der Waals surface area contributed by atoms with Crippen LogP contribution in [0.4, 0.5) is 5.95 Å². The summed E-state index contributed by atoms with van der Waals surface area (Å²) in [7, 11) is 5.96. The second-order valence-electron chi connectivity index (χ2n) is 5.16. The molecule has 0 aromatic carbocycles. The normalized spacial score (nSPS) is 11.1. The van der Waals surface area contributed by atoms with E-state index in [0.29, 0.717) is 0 Å². The second-order valence-corrected chi connectivity index (χ2v) is 5.16. The summed E-state index contributed by atoms with van der Waals surface area (Å²) in [5.74, 6) is 0.737. The second kappa shape index (κ2) is 6.47. The summed E-state index contributed by atoms with van der Waals surface area (Å²) in [6, 6.07) is 0. The van der Waals surface area contributed by atoms with Crippen molar-refractivity contribution in [3.05, 3.63) is 35.9 Å². The Morgan fingerprint density at radius 3 is 2.20 bits per heavy atom. The van der Waals surface area contributed by atoms with Crippen LogP contribution in [0.3, 0.4) is 0 Å². The fraction of sp³-hybridized carbons (Fsp3) is 0.500. The van der Waals surface area contributed by atoms with Gasteiger partial charge in [-0.15, -0.1) is 0 Å². The van der Waals surface area contributed by atoms with E-state index in [1.807, 2.05) is 42.3 Å². The van der Waals surface area contributed by atoms with Crippen LogP contribution in [0.5, 0.6) is 0 Å². The average molecular weight is 274 g/mol. The maximum absolute atomic E-state index is 4.33. The van der Waals surface area contributed by atoms with Crippen molar-refractivity contribution in [2.45, 2.75) is 26.6 Å². The molecule has 2 rings (SSSR count). The van der Waals surface area contributed by atoms with Crippen LogP contribution in [-0.2, 0) is 19.6 Å². The summed E-state index contributed by atoms with van der Waals surface area (Å²) in [6.45, 7) is 4.69. The standard InChI is InChI=1S/C14H22N6/c1-5-20-11-13(8-17-20)10-19(4)9-12-6-15-14(16-7-12)18(2)3/h6-8,11H,5,9-10H2,1-4H3. The number of rotatable bonds is 6. The van der Waals surface area contributed by atoms with E-state index in [9.17, 15) is 0 Å². The molecular formula is C14H22N6. The van der Waals surface area contributed by atoms with E-state index in [-0.39, 0.29) is 0 Å². The number of aryl methyl sites for hydroxylation is 1. The first-order valence-corrected chi connectivity index (χ1v) is 6.76. The molecule has 6 heteroatoms. The van der Waals surface area contributed by atoms with E-state index in [4.69, 9.17) is 0 Å². The summed E-state index contributed by atoms with van der Waals surface area (Å²) >= 11 is 0. The van der Waals surface area contributed by atoms with E-state index in [0.717, 1.165) is 31.1 Å². The summed E-state index contributed by atoms with van der Waals surface area (Å²) in [6.07, 6.45) is 7.77. The molecule has 6 nitrogen and oxygen atoms in total. The molecule has 0 N–H and O–H groups in total. The first kappa shape index (κ1) is 14.5. The van der Waals surface area contributed by atoms with Crippen LogP contribution in [-0.4, -0.2) is 45.8 Å². The summed E-state index contributed by atoms with van der Waals surface area (Å²) in [5.41, 5.74) is 2.33. The molecule has 0 spiro atoms. The van der Waals surface area contributed by atoms with E-state index in [1.54, 1.807) is 0 Å². The van der Waals surface area contributed by atoms with Gasteiger partial charge in [-0.2, -0.15) is 5.10 Å². The lowest BCUT2D eigenvalue weighted by Gasteiger charge is -2.16. The lowest BCUT2D eigenvalue weighted by Crippen LogP contribution is -2.18. The highest BCUT2D eigenvalue weighted by molar-refractivity contribution is 5.26. The van der Waals surface area contributed by atoms with Crippen molar-refractivity contribution in [2.24, 2.45) is 0 Å². The largest absolute Gasteiger partial charge is 0.347 e. The molecule has 108 valence electrons. The summed E-state index contributed by atoms with van der Waals surface area (Å²) < 4.78 is 1.94. The smallest absolute Gasteiger partial charge is 0.224 e. The molecule has 2 heterocycles. The predicted molar refractivity (Wildman–Crippen MR) is 79.4 cm³/mol. The zero-order valence-corrected chi connectivity index (χ0v) is 12.6. The molecule has 0 unspecified atom stereocenters. The molecule has 0 amide bonds. The first-order chi connectivity index (χ1) is 9.58. The maximum Gasteiger partial charge on any atom is 0.224 e. The van der Waals surface area contributed by atoms with Crippen LogP contribution in [0.1, 0.15) is 18.1 Å². The third-order valence-electron chi connectivity index (χ3n) is 3.01.